The molecule has 1 aromatic carbocycles. The number of urea groups is 1. The van der Waals surface area contributed by atoms with E-state index in [4.69, 9.17) is 4.74 Å². The zero-order chi connectivity index (χ0) is 17.6. The Labute approximate surface area is 142 Å². The number of aliphatic hydroxyl groups excluding tert-OH is 1. The van der Waals surface area contributed by atoms with Crippen LogP contribution in [0.15, 0.2) is 24.3 Å². The first-order valence-electron chi connectivity index (χ1n) is 8.54. The number of likely N-dealkylation sites (tertiary alicyclic amines) is 1. The molecule has 1 fully saturated rings. The van der Waals surface area contributed by atoms with Crippen LogP contribution in [0.2, 0.25) is 0 Å². The third-order valence-electron chi connectivity index (χ3n) is 4.90. The molecular weight excluding hydrogens is 311 g/mol. The van der Waals surface area contributed by atoms with Gasteiger partial charge in [0.05, 0.1) is 6.54 Å². The summed E-state index contributed by atoms with van der Waals surface area (Å²) in [5.41, 5.74) is -0.0436. The number of carbonyl (C=O) groups excluding carboxylic acids is 1. The van der Waals surface area contributed by atoms with Gasteiger partial charge in [0.1, 0.15) is 6.10 Å². The summed E-state index contributed by atoms with van der Waals surface area (Å²) in [4.78, 5) is 14.0. The van der Waals surface area contributed by atoms with Crippen molar-refractivity contribution in [3.8, 4) is 5.75 Å². The number of amides is 2. The van der Waals surface area contributed by atoms with Crippen molar-refractivity contribution in [3.63, 3.8) is 0 Å². The first-order chi connectivity index (χ1) is 11.5. The minimum Gasteiger partial charge on any atom is -0.486 e. The molecule has 2 amide bonds. The second-order valence-electron chi connectivity index (χ2n) is 6.54. The lowest BCUT2D eigenvalue weighted by Crippen LogP contribution is -2.49. The third-order valence-corrected chi connectivity index (χ3v) is 4.90. The van der Waals surface area contributed by atoms with Crippen LogP contribution in [0.4, 0.5) is 9.18 Å². The zero-order valence-corrected chi connectivity index (χ0v) is 14.4. The molecule has 0 saturated carbocycles. The second-order valence-corrected chi connectivity index (χ2v) is 6.54. The SMILES string of the molecule is CCC1(CO)CCN(C(=O)NCC(C)Oc2ccccc2F)CC1. The van der Waals surface area contributed by atoms with E-state index in [-0.39, 0.29) is 29.9 Å². The van der Waals surface area contributed by atoms with Gasteiger partial charge >= 0.3 is 6.03 Å². The molecule has 134 valence electrons. The monoisotopic (exact) mass is 338 g/mol. The average molecular weight is 338 g/mol. The molecule has 6 heteroatoms. The van der Waals surface area contributed by atoms with Crippen LogP contribution in [-0.4, -0.2) is 48.4 Å². The predicted octanol–water partition coefficient (Wildman–Crippen LogP) is 2.79. The fourth-order valence-corrected chi connectivity index (χ4v) is 2.95. The number of para-hydroxylation sites is 1. The van der Waals surface area contributed by atoms with Crippen LogP contribution in [0.3, 0.4) is 0 Å². The van der Waals surface area contributed by atoms with Gasteiger partial charge < -0.3 is 20.1 Å². The van der Waals surface area contributed by atoms with Gasteiger partial charge in [-0.25, -0.2) is 9.18 Å². The Bertz CT molecular complexity index is 539. The maximum atomic E-state index is 13.5. The first kappa shape index (κ1) is 18.5. The Hall–Kier alpha value is -1.82. The molecule has 1 heterocycles. The van der Waals surface area contributed by atoms with Gasteiger partial charge in [-0.2, -0.15) is 0 Å². The number of carbonyl (C=O) groups is 1. The Morgan fingerprint density at radius 2 is 2.08 bits per heavy atom. The Balaban J connectivity index is 1.76. The molecule has 5 nitrogen and oxygen atoms in total. The smallest absolute Gasteiger partial charge is 0.317 e. The molecule has 1 aromatic rings. The molecule has 0 aliphatic carbocycles. The third kappa shape index (κ3) is 4.60. The lowest BCUT2D eigenvalue weighted by atomic mass is 9.77. The van der Waals surface area contributed by atoms with Gasteiger partial charge in [0.25, 0.3) is 0 Å². The van der Waals surface area contributed by atoms with Crippen molar-refractivity contribution in [3.05, 3.63) is 30.1 Å². The maximum absolute atomic E-state index is 13.5. The van der Waals surface area contributed by atoms with Gasteiger partial charge in [0, 0.05) is 19.7 Å². The van der Waals surface area contributed by atoms with Gasteiger partial charge in [-0.15, -0.1) is 0 Å². The zero-order valence-electron chi connectivity index (χ0n) is 14.4. The van der Waals surface area contributed by atoms with E-state index < -0.39 is 5.82 Å². The molecule has 1 saturated heterocycles. The number of aliphatic hydroxyl groups is 1. The first-order valence-corrected chi connectivity index (χ1v) is 8.54. The summed E-state index contributed by atoms with van der Waals surface area (Å²) in [7, 11) is 0. The molecular formula is C18H27FN2O3. The van der Waals surface area contributed by atoms with Crippen molar-refractivity contribution < 1.29 is 19.0 Å². The van der Waals surface area contributed by atoms with Crippen LogP contribution in [0, 0.1) is 11.2 Å². The summed E-state index contributed by atoms with van der Waals surface area (Å²) in [6.07, 6.45) is 2.22. The molecule has 0 spiro atoms. The standard InChI is InChI=1S/C18H27FN2O3/c1-3-18(13-22)8-10-21(11-9-18)17(23)20-12-14(2)24-16-7-5-4-6-15(16)19/h4-7,14,22H,3,8-13H2,1-2H3,(H,20,23). The molecule has 0 radical (unpaired) electrons. The van der Waals surface area contributed by atoms with Crippen LogP contribution in [-0.2, 0) is 0 Å². The quantitative estimate of drug-likeness (QED) is 0.838. The van der Waals surface area contributed by atoms with E-state index in [9.17, 15) is 14.3 Å². The van der Waals surface area contributed by atoms with Crippen LogP contribution in [0.1, 0.15) is 33.1 Å². The summed E-state index contributed by atoms with van der Waals surface area (Å²) < 4.78 is 19.0. The van der Waals surface area contributed by atoms with Crippen molar-refractivity contribution >= 4 is 6.03 Å². The predicted molar refractivity (Wildman–Crippen MR) is 90.5 cm³/mol. The number of ether oxygens (including phenoxy) is 1. The highest BCUT2D eigenvalue weighted by Gasteiger charge is 2.33. The number of nitrogens with one attached hydrogen (secondary N) is 1. The molecule has 1 aliphatic heterocycles. The van der Waals surface area contributed by atoms with Gasteiger partial charge in [0.2, 0.25) is 0 Å². The van der Waals surface area contributed by atoms with Crippen LogP contribution in [0.25, 0.3) is 0 Å². The van der Waals surface area contributed by atoms with Crippen molar-refractivity contribution in [2.45, 2.75) is 39.2 Å². The number of benzene rings is 1. The second kappa shape index (κ2) is 8.33. The Morgan fingerprint density at radius 1 is 1.42 bits per heavy atom. The van der Waals surface area contributed by atoms with Crippen LogP contribution < -0.4 is 10.1 Å². The highest BCUT2D eigenvalue weighted by Crippen LogP contribution is 2.34. The molecule has 0 bridgehead atoms. The highest BCUT2D eigenvalue weighted by atomic mass is 19.1. The van der Waals surface area contributed by atoms with Crippen molar-refractivity contribution in [1.29, 1.82) is 0 Å². The highest BCUT2D eigenvalue weighted by molar-refractivity contribution is 5.74. The number of halogens is 1. The number of hydrogen-bond acceptors (Lipinski definition) is 3. The van der Waals surface area contributed by atoms with E-state index in [0.29, 0.717) is 19.6 Å². The fourth-order valence-electron chi connectivity index (χ4n) is 2.95. The molecule has 24 heavy (non-hydrogen) atoms. The lowest BCUT2D eigenvalue weighted by molar-refractivity contribution is 0.0515. The van der Waals surface area contributed by atoms with Crippen molar-refractivity contribution in [2.75, 3.05) is 26.2 Å². The number of piperidine rings is 1. The number of rotatable bonds is 6. The topological polar surface area (TPSA) is 61.8 Å². The Kier molecular flexibility index (Phi) is 6.43. The molecule has 1 aliphatic rings. The number of nitrogens with zero attached hydrogens (tertiary/aromatic N) is 1. The lowest BCUT2D eigenvalue weighted by Gasteiger charge is -2.40. The van der Waals surface area contributed by atoms with E-state index in [1.165, 1.54) is 6.07 Å². The summed E-state index contributed by atoms with van der Waals surface area (Å²) in [5.74, 6) is -0.223. The van der Waals surface area contributed by atoms with E-state index in [2.05, 4.69) is 12.2 Å². The minimum atomic E-state index is -0.411. The van der Waals surface area contributed by atoms with Gasteiger partial charge in [-0.3, -0.25) is 0 Å². The average Bonchev–Trinajstić information content (AvgIpc) is 2.61. The van der Waals surface area contributed by atoms with E-state index in [0.717, 1.165) is 19.3 Å². The maximum Gasteiger partial charge on any atom is 0.317 e. The molecule has 1 atom stereocenters. The molecule has 2 rings (SSSR count). The summed E-state index contributed by atoms with van der Waals surface area (Å²) >= 11 is 0. The summed E-state index contributed by atoms with van der Waals surface area (Å²) in [6.45, 7) is 5.63. The fraction of sp³-hybridized carbons (Fsp3) is 0.611. The Morgan fingerprint density at radius 3 is 2.67 bits per heavy atom. The number of hydrogen-bond donors (Lipinski definition) is 2. The summed E-state index contributed by atoms with van der Waals surface area (Å²) in [5, 5.41) is 12.4. The van der Waals surface area contributed by atoms with Crippen LogP contribution in [0.5, 0.6) is 5.75 Å². The van der Waals surface area contributed by atoms with Crippen molar-refractivity contribution in [2.24, 2.45) is 5.41 Å². The van der Waals surface area contributed by atoms with Gasteiger partial charge in [-0.1, -0.05) is 19.1 Å². The van der Waals surface area contributed by atoms with E-state index >= 15 is 0 Å². The van der Waals surface area contributed by atoms with Crippen molar-refractivity contribution in [1.82, 2.24) is 10.2 Å². The molecule has 1 unspecified atom stereocenters. The molecule has 0 aromatic heterocycles. The van der Waals surface area contributed by atoms with E-state index in [1.54, 1.807) is 30.0 Å². The molecule has 2 N–H and O–H groups in total. The van der Waals surface area contributed by atoms with Crippen LogP contribution >= 0.6 is 0 Å². The minimum absolute atomic E-state index is 0.0436. The largest absolute Gasteiger partial charge is 0.486 e. The van der Waals surface area contributed by atoms with E-state index in [1.807, 2.05) is 0 Å². The van der Waals surface area contributed by atoms with Gasteiger partial charge in [-0.05, 0) is 43.7 Å². The van der Waals surface area contributed by atoms with Gasteiger partial charge in [0.15, 0.2) is 11.6 Å². The normalized spacial score (nSPS) is 18.1. The summed E-state index contributed by atoms with van der Waals surface area (Å²) in [6, 6.07) is 6.08.